The van der Waals surface area contributed by atoms with E-state index in [4.69, 9.17) is 9.47 Å². The number of anilines is 2. The average Bonchev–Trinajstić information content (AvgIpc) is 3.13. The minimum Gasteiger partial charge on any atom is -0.492 e. The van der Waals surface area contributed by atoms with E-state index < -0.39 is 0 Å². The molecule has 3 aromatic carbocycles. The lowest BCUT2D eigenvalue weighted by Gasteiger charge is -2.25. The van der Waals surface area contributed by atoms with E-state index in [1.54, 1.807) is 0 Å². The Labute approximate surface area is 190 Å². The van der Waals surface area contributed by atoms with E-state index in [0.29, 0.717) is 24.6 Å². The Morgan fingerprint density at radius 1 is 1.12 bits per heavy atom. The van der Waals surface area contributed by atoms with Crippen LogP contribution in [0.15, 0.2) is 66.7 Å². The second kappa shape index (κ2) is 9.77. The van der Waals surface area contributed by atoms with Crippen LogP contribution in [0.4, 0.5) is 11.4 Å². The minimum absolute atomic E-state index is 0.102. The van der Waals surface area contributed by atoms with E-state index in [1.807, 2.05) is 56.3 Å². The maximum absolute atomic E-state index is 13.1. The first-order chi connectivity index (χ1) is 15.5. The molecule has 0 radical (unpaired) electrons. The molecule has 0 saturated heterocycles. The molecule has 1 heterocycles. The molecular formula is C27H30N2O3. The zero-order chi connectivity index (χ0) is 22.5. The second-order valence-corrected chi connectivity index (χ2v) is 8.25. The highest BCUT2D eigenvalue weighted by atomic mass is 16.5. The molecule has 5 heteroatoms. The van der Waals surface area contributed by atoms with Crippen molar-refractivity contribution in [2.75, 3.05) is 23.4 Å². The summed E-state index contributed by atoms with van der Waals surface area (Å²) in [6, 6.07) is 22.3. The molecule has 0 spiro atoms. The highest BCUT2D eigenvalue weighted by molar-refractivity contribution is 5.95. The molecule has 0 fully saturated rings. The largest absolute Gasteiger partial charge is 0.492 e. The van der Waals surface area contributed by atoms with Gasteiger partial charge in [-0.1, -0.05) is 42.5 Å². The van der Waals surface area contributed by atoms with Crippen molar-refractivity contribution in [1.29, 1.82) is 0 Å². The first kappa shape index (κ1) is 21.8. The number of rotatable bonds is 8. The van der Waals surface area contributed by atoms with Crippen LogP contribution in [-0.4, -0.2) is 25.2 Å². The number of carbonyl (C=O) groups excluding carboxylic acids is 1. The van der Waals surface area contributed by atoms with Gasteiger partial charge in [0.2, 0.25) is 5.91 Å². The van der Waals surface area contributed by atoms with Gasteiger partial charge in [0.1, 0.15) is 17.6 Å². The number of nitrogens with zero attached hydrogens (tertiary/aromatic N) is 1. The fourth-order valence-electron chi connectivity index (χ4n) is 4.04. The van der Waals surface area contributed by atoms with Gasteiger partial charge in [-0.3, -0.25) is 4.79 Å². The molecule has 5 nitrogen and oxygen atoms in total. The number of amides is 1. The third-order valence-electron chi connectivity index (χ3n) is 5.49. The Kier molecular flexibility index (Phi) is 6.64. The van der Waals surface area contributed by atoms with E-state index in [9.17, 15) is 4.79 Å². The molecule has 4 rings (SSSR count). The van der Waals surface area contributed by atoms with Crippen LogP contribution in [0.3, 0.4) is 0 Å². The summed E-state index contributed by atoms with van der Waals surface area (Å²) in [4.78, 5) is 15.2. The number of ether oxygens (including phenoxy) is 2. The molecule has 32 heavy (non-hydrogen) atoms. The molecule has 0 aliphatic carbocycles. The summed E-state index contributed by atoms with van der Waals surface area (Å²) < 4.78 is 11.7. The number of fused-ring (bicyclic) bond motifs is 1. The van der Waals surface area contributed by atoms with Crippen molar-refractivity contribution in [3.8, 4) is 11.5 Å². The van der Waals surface area contributed by atoms with Crippen molar-refractivity contribution >= 4 is 17.3 Å². The summed E-state index contributed by atoms with van der Waals surface area (Å²) >= 11 is 0. The van der Waals surface area contributed by atoms with Crippen LogP contribution in [0, 0.1) is 6.92 Å². The third kappa shape index (κ3) is 5.22. The van der Waals surface area contributed by atoms with Crippen molar-refractivity contribution in [2.24, 2.45) is 0 Å². The van der Waals surface area contributed by atoms with Gasteiger partial charge in [0.05, 0.1) is 18.8 Å². The predicted molar refractivity (Wildman–Crippen MR) is 129 cm³/mol. The first-order valence-corrected chi connectivity index (χ1v) is 11.1. The van der Waals surface area contributed by atoms with Gasteiger partial charge < -0.3 is 19.7 Å². The molecule has 0 aromatic heterocycles. The van der Waals surface area contributed by atoms with Crippen molar-refractivity contribution in [3.05, 3.63) is 83.4 Å². The number of carbonyl (C=O) groups is 1. The Balaban J connectivity index is 1.55. The summed E-state index contributed by atoms with van der Waals surface area (Å²) in [6.07, 6.45) is 0.982. The number of benzene rings is 3. The Bertz CT molecular complexity index is 1080. The highest BCUT2D eigenvalue weighted by Gasteiger charge is 2.23. The van der Waals surface area contributed by atoms with Gasteiger partial charge in [0.15, 0.2) is 0 Å². The molecule has 1 atom stereocenters. The minimum atomic E-state index is -0.102. The van der Waals surface area contributed by atoms with E-state index in [1.165, 1.54) is 0 Å². The molecule has 1 amide bonds. The van der Waals surface area contributed by atoms with Crippen LogP contribution in [0.25, 0.3) is 0 Å². The molecule has 0 saturated carbocycles. The zero-order valence-corrected chi connectivity index (χ0v) is 18.9. The van der Waals surface area contributed by atoms with Crippen LogP contribution in [-0.2, 0) is 17.8 Å². The van der Waals surface area contributed by atoms with Gasteiger partial charge in [0.25, 0.3) is 0 Å². The van der Waals surface area contributed by atoms with Gasteiger partial charge in [0, 0.05) is 30.3 Å². The monoisotopic (exact) mass is 430 g/mol. The van der Waals surface area contributed by atoms with Gasteiger partial charge in [-0.15, -0.1) is 0 Å². The second-order valence-electron chi connectivity index (χ2n) is 8.25. The SMILES string of the molecule is CCOc1cc2c(cc1NC(=O)CN(Cc1ccccc1)c1cccc(C)c1)OC(C)C2. The highest BCUT2D eigenvalue weighted by Crippen LogP contribution is 2.38. The van der Waals surface area contributed by atoms with Crippen LogP contribution in [0.2, 0.25) is 0 Å². The quantitative estimate of drug-likeness (QED) is 0.523. The predicted octanol–water partition coefficient (Wildman–Crippen LogP) is 5.36. The maximum Gasteiger partial charge on any atom is 0.244 e. The summed E-state index contributed by atoms with van der Waals surface area (Å²) in [7, 11) is 0. The van der Waals surface area contributed by atoms with Gasteiger partial charge >= 0.3 is 0 Å². The van der Waals surface area contributed by atoms with E-state index in [2.05, 4.69) is 41.4 Å². The van der Waals surface area contributed by atoms with E-state index in [-0.39, 0.29) is 18.6 Å². The molecule has 3 aromatic rings. The average molecular weight is 431 g/mol. The maximum atomic E-state index is 13.1. The van der Waals surface area contributed by atoms with Crippen molar-refractivity contribution < 1.29 is 14.3 Å². The molecule has 1 N–H and O–H groups in total. The topological polar surface area (TPSA) is 50.8 Å². The number of nitrogens with one attached hydrogen (secondary N) is 1. The standard InChI is InChI=1S/C27H30N2O3/c1-4-31-26-15-22-14-20(3)32-25(22)16-24(26)28-27(30)18-29(17-21-10-6-5-7-11-21)23-12-8-9-19(2)13-23/h5-13,15-16,20H,4,14,17-18H2,1-3H3,(H,28,30). The molecular weight excluding hydrogens is 400 g/mol. The summed E-state index contributed by atoms with van der Waals surface area (Å²) in [5, 5.41) is 3.05. The van der Waals surface area contributed by atoms with Gasteiger partial charge in [-0.25, -0.2) is 0 Å². The molecule has 166 valence electrons. The number of hydrogen-bond donors (Lipinski definition) is 1. The van der Waals surface area contributed by atoms with Crippen LogP contribution < -0.4 is 19.7 Å². The molecule has 0 bridgehead atoms. The number of hydrogen-bond acceptors (Lipinski definition) is 4. The summed E-state index contributed by atoms with van der Waals surface area (Å²) in [6.45, 7) is 7.43. The van der Waals surface area contributed by atoms with Crippen molar-refractivity contribution in [1.82, 2.24) is 0 Å². The summed E-state index contributed by atoms with van der Waals surface area (Å²) in [5.74, 6) is 1.40. The van der Waals surface area contributed by atoms with E-state index >= 15 is 0 Å². The zero-order valence-electron chi connectivity index (χ0n) is 18.9. The van der Waals surface area contributed by atoms with Gasteiger partial charge in [-0.05, 0) is 50.1 Å². The number of aryl methyl sites for hydroxylation is 1. The van der Waals surface area contributed by atoms with Crippen LogP contribution in [0.1, 0.15) is 30.5 Å². The molecule has 1 unspecified atom stereocenters. The van der Waals surface area contributed by atoms with Gasteiger partial charge in [-0.2, -0.15) is 0 Å². The lowest BCUT2D eigenvalue weighted by Crippen LogP contribution is -2.33. The smallest absolute Gasteiger partial charge is 0.244 e. The Hall–Kier alpha value is -3.47. The lowest BCUT2D eigenvalue weighted by atomic mass is 10.1. The normalized spacial score (nSPS) is 14.4. The third-order valence-corrected chi connectivity index (χ3v) is 5.49. The molecule has 1 aliphatic heterocycles. The van der Waals surface area contributed by atoms with Crippen LogP contribution >= 0.6 is 0 Å². The van der Waals surface area contributed by atoms with E-state index in [0.717, 1.165) is 34.5 Å². The fraction of sp³-hybridized carbons (Fsp3) is 0.296. The summed E-state index contributed by atoms with van der Waals surface area (Å²) in [5.41, 5.74) is 5.08. The Morgan fingerprint density at radius 3 is 2.69 bits per heavy atom. The first-order valence-electron chi connectivity index (χ1n) is 11.1. The fourth-order valence-corrected chi connectivity index (χ4v) is 4.04. The lowest BCUT2D eigenvalue weighted by molar-refractivity contribution is -0.115. The Morgan fingerprint density at radius 2 is 1.94 bits per heavy atom. The van der Waals surface area contributed by atoms with Crippen molar-refractivity contribution in [2.45, 2.75) is 39.8 Å². The van der Waals surface area contributed by atoms with Crippen LogP contribution in [0.5, 0.6) is 11.5 Å². The molecule has 1 aliphatic rings. The van der Waals surface area contributed by atoms with Crippen molar-refractivity contribution in [3.63, 3.8) is 0 Å².